The number of pyridine rings is 1. The number of nitrogens with zero attached hydrogens (tertiary/aromatic N) is 1. The molecule has 0 aliphatic carbocycles. The van der Waals surface area contributed by atoms with Crippen molar-refractivity contribution < 1.29 is 0 Å². The van der Waals surface area contributed by atoms with Gasteiger partial charge in [-0.2, -0.15) is 0 Å². The van der Waals surface area contributed by atoms with Crippen LogP contribution in [0.2, 0.25) is 0 Å². The van der Waals surface area contributed by atoms with Crippen molar-refractivity contribution in [3.05, 3.63) is 30.1 Å². The summed E-state index contributed by atoms with van der Waals surface area (Å²) in [6.07, 6.45) is 1.88. The Labute approximate surface area is 74.4 Å². The Kier molecular flexibility index (Phi) is 2.38. The van der Waals surface area contributed by atoms with Gasteiger partial charge in [-0.3, -0.25) is 4.98 Å². The van der Waals surface area contributed by atoms with Crippen molar-refractivity contribution in [2.75, 3.05) is 11.5 Å². The van der Waals surface area contributed by atoms with Crippen LogP contribution in [0.4, 0.5) is 0 Å². The first-order chi connectivity index (χ1) is 5.47. The molecule has 0 N–H and O–H groups in total. The lowest BCUT2D eigenvalue weighted by molar-refractivity contribution is 0.858. The van der Waals surface area contributed by atoms with Crippen LogP contribution in [0.1, 0.15) is 11.6 Å². The molecule has 0 saturated carbocycles. The Morgan fingerprint density at radius 2 is 2.09 bits per heavy atom. The van der Waals surface area contributed by atoms with E-state index in [2.05, 4.69) is 17.1 Å². The van der Waals surface area contributed by atoms with Gasteiger partial charge in [-0.05, 0) is 12.1 Å². The van der Waals surface area contributed by atoms with Crippen molar-refractivity contribution in [3.63, 3.8) is 0 Å². The zero-order valence-electron chi connectivity index (χ0n) is 6.06. The molecule has 0 aromatic carbocycles. The third-order valence-corrected chi connectivity index (χ3v) is 4.29. The second-order valence-electron chi connectivity index (χ2n) is 2.52. The van der Waals surface area contributed by atoms with Crippen molar-refractivity contribution in [1.29, 1.82) is 0 Å². The van der Waals surface area contributed by atoms with E-state index in [0.29, 0.717) is 5.92 Å². The predicted molar refractivity (Wildman–Crippen MR) is 51.9 cm³/mol. The average molecular weight is 183 g/mol. The van der Waals surface area contributed by atoms with Crippen LogP contribution in [0.3, 0.4) is 0 Å². The van der Waals surface area contributed by atoms with Gasteiger partial charge in [-0.1, -0.05) is 27.7 Å². The smallest absolute Gasteiger partial charge is 0.0451 e. The molecule has 1 aromatic rings. The third kappa shape index (κ3) is 1.71. The summed E-state index contributed by atoms with van der Waals surface area (Å²) in [5.74, 6) is 3.13. The molecule has 2 heterocycles. The first-order valence-corrected chi connectivity index (χ1v) is 6.11. The van der Waals surface area contributed by atoms with Crippen LogP contribution in [-0.4, -0.2) is 16.5 Å². The van der Waals surface area contributed by atoms with Gasteiger partial charge >= 0.3 is 0 Å². The van der Waals surface area contributed by atoms with Gasteiger partial charge in [-0.15, -0.1) is 0 Å². The van der Waals surface area contributed by atoms with Crippen LogP contribution in [-0.2, 0) is 0 Å². The maximum atomic E-state index is 4.33. The molecular formula is C8H9NS2. The molecule has 11 heavy (non-hydrogen) atoms. The SMILES string of the molecule is c1ccc(C2CSSC2)nc1. The van der Waals surface area contributed by atoms with Gasteiger partial charge in [0, 0.05) is 29.3 Å². The highest BCUT2D eigenvalue weighted by Gasteiger charge is 2.18. The normalized spacial score (nSPS) is 18.9. The van der Waals surface area contributed by atoms with E-state index in [4.69, 9.17) is 0 Å². The summed E-state index contributed by atoms with van der Waals surface area (Å²) >= 11 is 0. The molecule has 1 fully saturated rings. The second kappa shape index (κ2) is 3.50. The van der Waals surface area contributed by atoms with Gasteiger partial charge in [-0.25, -0.2) is 0 Å². The van der Waals surface area contributed by atoms with Crippen LogP contribution < -0.4 is 0 Å². The Bertz CT molecular complexity index is 219. The van der Waals surface area contributed by atoms with Gasteiger partial charge in [0.1, 0.15) is 0 Å². The zero-order chi connectivity index (χ0) is 7.52. The molecule has 58 valence electrons. The van der Waals surface area contributed by atoms with Crippen molar-refractivity contribution in [2.24, 2.45) is 0 Å². The van der Waals surface area contributed by atoms with E-state index >= 15 is 0 Å². The van der Waals surface area contributed by atoms with Crippen molar-refractivity contribution in [3.8, 4) is 0 Å². The molecule has 0 radical (unpaired) electrons. The predicted octanol–water partition coefficient (Wildman–Crippen LogP) is 2.56. The van der Waals surface area contributed by atoms with Gasteiger partial charge in [0.25, 0.3) is 0 Å². The summed E-state index contributed by atoms with van der Waals surface area (Å²) < 4.78 is 0. The minimum absolute atomic E-state index is 0.686. The van der Waals surface area contributed by atoms with Crippen molar-refractivity contribution in [2.45, 2.75) is 5.92 Å². The Morgan fingerprint density at radius 3 is 2.73 bits per heavy atom. The fourth-order valence-electron chi connectivity index (χ4n) is 1.10. The molecule has 2 rings (SSSR count). The van der Waals surface area contributed by atoms with Gasteiger partial charge in [0.15, 0.2) is 0 Å². The van der Waals surface area contributed by atoms with E-state index in [1.54, 1.807) is 0 Å². The lowest BCUT2D eigenvalue weighted by Crippen LogP contribution is -2.00. The summed E-state index contributed by atoms with van der Waals surface area (Å²) in [7, 11) is 3.91. The van der Waals surface area contributed by atoms with Crippen LogP contribution in [0, 0.1) is 0 Å². The standard InChI is InChI=1S/C8H9NS2/c1-2-4-9-8(3-1)7-5-10-11-6-7/h1-4,7H,5-6H2. The minimum Gasteiger partial charge on any atom is -0.261 e. The maximum absolute atomic E-state index is 4.33. The highest BCUT2D eigenvalue weighted by molar-refractivity contribution is 8.77. The first kappa shape index (κ1) is 7.50. The molecular weight excluding hydrogens is 174 g/mol. The first-order valence-electron chi connectivity index (χ1n) is 3.62. The fourth-order valence-corrected chi connectivity index (χ4v) is 3.91. The monoisotopic (exact) mass is 183 g/mol. The highest BCUT2D eigenvalue weighted by Crippen LogP contribution is 2.39. The van der Waals surface area contributed by atoms with Crippen molar-refractivity contribution >= 4 is 21.6 Å². The van der Waals surface area contributed by atoms with Crippen molar-refractivity contribution in [1.82, 2.24) is 4.98 Å². The van der Waals surface area contributed by atoms with Crippen LogP contribution in [0.25, 0.3) is 0 Å². The van der Waals surface area contributed by atoms with E-state index in [1.165, 1.54) is 17.2 Å². The molecule has 1 nitrogen and oxygen atoms in total. The quantitative estimate of drug-likeness (QED) is 0.621. The molecule has 0 spiro atoms. The Morgan fingerprint density at radius 1 is 1.27 bits per heavy atom. The summed E-state index contributed by atoms with van der Waals surface area (Å²) in [4.78, 5) is 4.33. The van der Waals surface area contributed by atoms with Crippen LogP contribution >= 0.6 is 21.6 Å². The number of aromatic nitrogens is 1. The summed E-state index contributed by atoms with van der Waals surface area (Å²) in [5.41, 5.74) is 1.25. The zero-order valence-corrected chi connectivity index (χ0v) is 7.70. The average Bonchev–Trinajstić information content (AvgIpc) is 2.58. The third-order valence-electron chi connectivity index (χ3n) is 1.73. The van der Waals surface area contributed by atoms with E-state index in [1.807, 2.05) is 33.9 Å². The molecule has 1 aliphatic heterocycles. The molecule has 0 atom stereocenters. The topological polar surface area (TPSA) is 12.9 Å². The Balaban J connectivity index is 2.16. The molecule has 0 unspecified atom stereocenters. The van der Waals surface area contributed by atoms with Gasteiger partial charge < -0.3 is 0 Å². The lowest BCUT2D eigenvalue weighted by Gasteiger charge is -2.04. The number of hydrogen-bond acceptors (Lipinski definition) is 3. The fraction of sp³-hybridized carbons (Fsp3) is 0.375. The molecule has 0 bridgehead atoms. The largest absolute Gasteiger partial charge is 0.261 e. The van der Waals surface area contributed by atoms with E-state index in [0.717, 1.165) is 0 Å². The molecule has 1 aliphatic rings. The summed E-state index contributed by atoms with van der Waals surface area (Å²) in [6, 6.07) is 6.16. The Hall–Kier alpha value is -0.150. The summed E-state index contributed by atoms with van der Waals surface area (Å²) in [6.45, 7) is 0. The lowest BCUT2D eigenvalue weighted by atomic mass is 10.1. The van der Waals surface area contributed by atoms with E-state index in [-0.39, 0.29) is 0 Å². The maximum Gasteiger partial charge on any atom is 0.0451 e. The number of rotatable bonds is 1. The molecule has 1 saturated heterocycles. The van der Waals surface area contributed by atoms with E-state index in [9.17, 15) is 0 Å². The number of hydrogen-bond donors (Lipinski definition) is 0. The van der Waals surface area contributed by atoms with Crippen LogP contribution in [0.15, 0.2) is 24.4 Å². The molecule has 0 amide bonds. The molecule has 1 aromatic heterocycles. The minimum atomic E-state index is 0.686. The second-order valence-corrected chi connectivity index (χ2v) is 5.07. The van der Waals surface area contributed by atoms with Gasteiger partial charge in [0.05, 0.1) is 0 Å². The van der Waals surface area contributed by atoms with E-state index < -0.39 is 0 Å². The summed E-state index contributed by atoms with van der Waals surface area (Å²) in [5, 5.41) is 0. The highest BCUT2D eigenvalue weighted by atomic mass is 33.1. The molecule has 3 heteroatoms. The van der Waals surface area contributed by atoms with Crippen LogP contribution in [0.5, 0.6) is 0 Å². The van der Waals surface area contributed by atoms with Gasteiger partial charge in [0.2, 0.25) is 0 Å².